The minimum atomic E-state index is -0.226. The van der Waals surface area contributed by atoms with E-state index in [1.165, 1.54) is 12.1 Å². The number of pyridine rings is 1. The second-order valence-corrected chi connectivity index (χ2v) is 7.20. The van der Waals surface area contributed by atoms with Crippen LogP contribution in [0.1, 0.15) is 11.1 Å². The number of imidazole rings is 1. The fourth-order valence-electron chi connectivity index (χ4n) is 2.74. The van der Waals surface area contributed by atoms with Crippen LogP contribution in [0.25, 0.3) is 11.0 Å². The molecular weight excluding hydrogens is 369 g/mol. The maximum Gasteiger partial charge on any atom is 0.169 e. The summed E-state index contributed by atoms with van der Waals surface area (Å²) in [7, 11) is 0. The fraction of sp³-hybridized carbons (Fsp3) is 0.100. The largest absolute Gasteiger partial charge is 0.313 e. The molecule has 26 heavy (non-hydrogen) atoms. The fourth-order valence-corrected chi connectivity index (χ4v) is 3.90. The van der Waals surface area contributed by atoms with Gasteiger partial charge >= 0.3 is 0 Å². The Labute approximate surface area is 159 Å². The molecule has 0 atom stereocenters. The van der Waals surface area contributed by atoms with Gasteiger partial charge in [-0.05, 0) is 35.4 Å². The third-order valence-corrected chi connectivity index (χ3v) is 5.50. The molecule has 0 saturated heterocycles. The monoisotopic (exact) mass is 383 g/mol. The summed E-state index contributed by atoms with van der Waals surface area (Å²) >= 11 is 7.96. The van der Waals surface area contributed by atoms with Crippen molar-refractivity contribution in [3.63, 3.8) is 0 Å². The lowest BCUT2D eigenvalue weighted by atomic mass is 10.2. The summed E-state index contributed by atoms with van der Waals surface area (Å²) in [5.74, 6) is 0.482. The molecule has 3 nitrogen and oxygen atoms in total. The van der Waals surface area contributed by atoms with Crippen LogP contribution in [0.2, 0.25) is 5.02 Å². The minimum absolute atomic E-state index is 0.226. The van der Waals surface area contributed by atoms with E-state index in [1.54, 1.807) is 30.1 Å². The summed E-state index contributed by atoms with van der Waals surface area (Å²) in [5.41, 5.74) is 3.94. The zero-order valence-corrected chi connectivity index (χ0v) is 15.3. The van der Waals surface area contributed by atoms with E-state index < -0.39 is 0 Å². The average molecular weight is 384 g/mol. The first kappa shape index (κ1) is 17.1. The Bertz CT molecular complexity index is 1050. The number of hydrogen-bond acceptors (Lipinski definition) is 3. The van der Waals surface area contributed by atoms with Crippen LogP contribution in [0, 0.1) is 5.82 Å². The number of aromatic nitrogens is 3. The van der Waals surface area contributed by atoms with E-state index in [-0.39, 0.29) is 5.82 Å². The summed E-state index contributed by atoms with van der Waals surface area (Å²) in [4.78, 5) is 8.97. The molecule has 2 heterocycles. The highest BCUT2D eigenvalue weighted by Gasteiger charge is 2.13. The highest BCUT2D eigenvalue weighted by Crippen LogP contribution is 2.28. The number of halogens is 2. The molecule has 0 unspecified atom stereocenters. The second-order valence-electron chi connectivity index (χ2n) is 5.85. The van der Waals surface area contributed by atoms with Crippen molar-refractivity contribution < 1.29 is 4.39 Å². The topological polar surface area (TPSA) is 30.7 Å². The molecule has 0 fully saturated rings. The van der Waals surface area contributed by atoms with Gasteiger partial charge in [0.2, 0.25) is 0 Å². The summed E-state index contributed by atoms with van der Waals surface area (Å²) in [5, 5.41) is 1.62. The quantitative estimate of drug-likeness (QED) is 0.422. The van der Waals surface area contributed by atoms with Gasteiger partial charge in [-0.25, -0.2) is 9.37 Å². The van der Waals surface area contributed by atoms with Crippen molar-refractivity contribution in [3.8, 4) is 0 Å². The third kappa shape index (κ3) is 3.59. The molecule has 2 aromatic carbocycles. The molecule has 0 aliphatic carbocycles. The van der Waals surface area contributed by atoms with Crippen molar-refractivity contribution >= 4 is 34.4 Å². The second kappa shape index (κ2) is 7.48. The number of nitrogens with zero attached hydrogens (tertiary/aromatic N) is 3. The number of hydrogen-bond donors (Lipinski definition) is 0. The molecule has 0 bridgehead atoms. The first-order valence-electron chi connectivity index (χ1n) is 8.11. The van der Waals surface area contributed by atoms with Crippen molar-refractivity contribution in [2.45, 2.75) is 17.5 Å². The first-order valence-corrected chi connectivity index (χ1v) is 9.48. The van der Waals surface area contributed by atoms with Crippen molar-refractivity contribution in [1.82, 2.24) is 14.5 Å². The molecule has 0 radical (unpaired) electrons. The van der Waals surface area contributed by atoms with Crippen molar-refractivity contribution in [1.29, 1.82) is 0 Å². The van der Waals surface area contributed by atoms with E-state index in [0.29, 0.717) is 12.3 Å². The molecule has 0 amide bonds. The van der Waals surface area contributed by atoms with E-state index in [2.05, 4.69) is 9.55 Å². The number of benzene rings is 2. The molecule has 0 saturated carbocycles. The van der Waals surface area contributed by atoms with E-state index in [4.69, 9.17) is 16.6 Å². The predicted molar refractivity (Wildman–Crippen MR) is 104 cm³/mol. The van der Waals surface area contributed by atoms with Crippen LogP contribution < -0.4 is 0 Å². The molecule has 0 aliphatic heterocycles. The maximum absolute atomic E-state index is 13.1. The lowest BCUT2D eigenvalue weighted by Gasteiger charge is -2.10. The van der Waals surface area contributed by atoms with E-state index in [9.17, 15) is 4.39 Å². The molecular formula is C20H15ClFN3S. The SMILES string of the molecule is Fc1ccc(CSc2nc3ccncc3n2Cc2ccccc2Cl)cc1. The summed E-state index contributed by atoms with van der Waals surface area (Å²) in [6.45, 7) is 0.619. The minimum Gasteiger partial charge on any atom is -0.313 e. The Kier molecular flexibility index (Phi) is 4.91. The van der Waals surface area contributed by atoms with E-state index >= 15 is 0 Å². The van der Waals surface area contributed by atoms with Crippen LogP contribution in [0.3, 0.4) is 0 Å². The van der Waals surface area contributed by atoms with Crippen LogP contribution in [0.15, 0.2) is 72.1 Å². The normalized spacial score (nSPS) is 11.2. The van der Waals surface area contributed by atoms with E-state index in [0.717, 1.165) is 32.3 Å². The zero-order chi connectivity index (χ0) is 17.9. The summed E-state index contributed by atoms with van der Waals surface area (Å²) < 4.78 is 15.2. The lowest BCUT2D eigenvalue weighted by Crippen LogP contribution is -2.02. The maximum atomic E-state index is 13.1. The highest BCUT2D eigenvalue weighted by molar-refractivity contribution is 7.98. The molecule has 4 rings (SSSR count). The van der Waals surface area contributed by atoms with Gasteiger partial charge in [-0.1, -0.05) is 53.7 Å². The van der Waals surface area contributed by atoms with Gasteiger partial charge in [-0.3, -0.25) is 4.98 Å². The van der Waals surface area contributed by atoms with Gasteiger partial charge in [0, 0.05) is 17.0 Å². The highest BCUT2D eigenvalue weighted by atomic mass is 35.5. The lowest BCUT2D eigenvalue weighted by molar-refractivity contribution is 0.627. The van der Waals surface area contributed by atoms with Crippen LogP contribution in [0.4, 0.5) is 4.39 Å². The number of rotatable bonds is 5. The van der Waals surface area contributed by atoms with Gasteiger partial charge in [-0.15, -0.1) is 0 Å². The number of fused-ring (bicyclic) bond motifs is 1. The zero-order valence-electron chi connectivity index (χ0n) is 13.8. The van der Waals surface area contributed by atoms with Crippen molar-refractivity contribution in [2.24, 2.45) is 0 Å². The number of thioether (sulfide) groups is 1. The Morgan fingerprint density at radius 3 is 2.65 bits per heavy atom. The molecule has 0 spiro atoms. The van der Waals surface area contributed by atoms with Gasteiger partial charge in [0.25, 0.3) is 0 Å². The molecule has 4 aromatic rings. The molecule has 130 valence electrons. The van der Waals surface area contributed by atoms with Gasteiger partial charge in [0.15, 0.2) is 5.16 Å². The Morgan fingerprint density at radius 2 is 1.85 bits per heavy atom. The third-order valence-electron chi connectivity index (χ3n) is 4.08. The molecule has 2 aromatic heterocycles. The summed E-state index contributed by atoms with van der Waals surface area (Å²) in [6, 6.07) is 16.3. The standard InChI is InChI=1S/C20H15ClFN3S/c21-17-4-2-1-3-15(17)12-25-19-11-23-10-9-18(19)24-20(25)26-13-14-5-7-16(22)8-6-14/h1-11H,12-13H2. The van der Waals surface area contributed by atoms with Crippen molar-refractivity contribution in [2.75, 3.05) is 0 Å². The van der Waals surface area contributed by atoms with Crippen LogP contribution >= 0.6 is 23.4 Å². The van der Waals surface area contributed by atoms with Crippen LogP contribution in [-0.2, 0) is 12.3 Å². The Morgan fingerprint density at radius 1 is 1.04 bits per heavy atom. The Hall–Kier alpha value is -2.37. The summed E-state index contributed by atoms with van der Waals surface area (Å²) in [6.07, 6.45) is 3.56. The predicted octanol–water partition coefficient (Wildman–Crippen LogP) is 5.56. The molecule has 0 aliphatic rings. The molecule has 0 N–H and O–H groups in total. The van der Waals surface area contributed by atoms with Crippen LogP contribution in [-0.4, -0.2) is 14.5 Å². The molecule has 6 heteroatoms. The van der Waals surface area contributed by atoms with Gasteiger partial charge in [0.1, 0.15) is 5.82 Å². The Balaban J connectivity index is 1.67. The smallest absolute Gasteiger partial charge is 0.169 e. The van der Waals surface area contributed by atoms with E-state index in [1.807, 2.05) is 36.5 Å². The van der Waals surface area contributed by atoms with Gasteiger partial charge in [0.05, 0.1) is 23.8 Å². The van der Waals surface area contributed by atoms with Gasteiger partial charge < -0.3 is 4.57 Å². The first-order chi connectivity index (χ1) is 12.7. The average Bonchev–Trinajstić information content (AvgIpc) is 3.01. The van der Waals surface area contributed by atoms with Crippen molar-refractivity contribution in [3.05, 3.63) is 89.0 Å². The van der Waals surface area contributed by atoms with Gasteiger partial charge in [-0.2, -0.15) is 0 Å². The van der Waals surface area contributed by atoms with Crippen LogP contribution in [0.5, 0.6) is 0 Å².